The first-order valence-corrected chi connectivity index (χ1v) is 14.4. The Morgan fingerprint density at radius 2 is 1.00 bits per heavy atom. The van der Waals surface area contributed by atoms with Crippen LogP contribution in [0.4, 0.5) is 11.4 Å². The number of benzene rings is 2. The van der Waals surface area contributed by atoms with Crippen molar-refractivity contribution in [3.05, 3.63) is 69.7 Å². The van der Waals surface area contributed by atoms with Crippen molar-refractivity contribution in [3.8, 4) is 0 Å². The molecule has 200 valence electrons. The molecule has 3 aliphatic carbocycles. The van der Waals surface area contributed by atoms with Gasteiger partial charge in [-0.15, -0.1) is 23.2 Å². The summed E-state index contributed by atoms with van der Waals surface area (Å²) in [7, 11) is 0. The van der Waals surface area contributed by atoms with Crippen LogP contribution in [-0.2, 0) is 9.59 Å². The number of allylic oxidation sites excluding steroid dienone is 2. The number of carbonyl (C=O) groups excluding carboxylic acids is 4. The van der Waals surface area contributed by atoms with Crippen LogP contribution in [-0.4, -0.2) is 37.7 Å². The number of amides is 4. The van der Waals surface area contributed by atoms with Gasteiger partial charge in [0, 0.05) is 0 Å². The van der Waals surface area contributed by atoms with Crippen LogP contribution in [0.3, 0.4) is 0 Å². The molecule has 0 unspecified atom stereocenters. The number of anilines is 2. The number of rotatable bonds is 2. The Balaban J connectivity index is 1.18. The van der Waals surface area contributed by atoms with E-state index in [9.17, 15) is 19.2 Å². The fourth-order valence-electron chi connectivity index (χ4n) is 7.15. The van der Waals surface area contributed by atoms with Gasteiger partial charge in [0.1, 0.15) is 9.75 Å². The Kier molecular flexibility index (Phi) is 5.46. The minimum Gasteiger partial charge on any atom is -0.274 e. The molecule has 6 nitrogen and oxygen atoms in total. The second-order valence-electron chi connectivity index (χ2n) is 10.5. The molecule has 4 amide bonds. The molecule has 39 heavy (non-hydrogen) atoms. The van der Waals surface area contributed by atoms with E-state index in [1.165, 1.54) is 12.1 Å². The van der Waals surface area contributed by atoms with Gasteiger partial charge in [0.15, 0.2) is 4.33 Å². The molecule has 2 aliphatic heterocycles. The molecule has 3 fully saturated rings. The number of hydrogen-bond acceptors (Lipinski definition) is 4. The Bertz CT molecular complexity index is 1490. The Hall–Kier alpha value is -1.80. The van der Waals surface area contributed by atoms with Crippen molar-refractivity contribution in [2.45, 2.75) is 26.9 Å². The van der Waals surface area contributed by atoms with Crippen molar-refractivity contribution in [3.63, 3.8) is 0 Å². The molecule has 7 rings (SSSR count). The van der Waals surface area contributed by atoms with Gasteiger partial charge in [-0.1, -0.05) is 58.5 Å². The monoisotopic (exact) mass is 642 g/mol. The van der Waals surface area contributed by atoms with Crippen molar-refractivity contribution < 1.29 is 19.2 Å². The van der Waals surface area contributed by atoms with Gasteiger partial charge in [0.25, 0.3) is 11.8 Å². The average Bonchev–Trinajstić information content (AvgIpc) is 3.41. The lowest BCUT2D eigenvalue weighted by Crippen LogP contribution is -2.44. The lowest BCUT2D eigenvalue weighted by atomic mass is 9.65. The fraction of sp³-hybridized carbons (Fsp3) is 0.333. The molecule has 0 aromatic heterocycles. The summed E-state index contributed by atoms with van der Waals surface area (Å²) in [6.07, 6.45) is 0.423. The minimum atomic E-state index is -1.73. The van der Waals surface area contributed by atoms with Gasteiger partial charge in [-0.2, -0.15) is 0 Å². The van der Waals surface area contributed by atoms with E-state index in [2.05, 4.69) is 0 Å². The van der Waals surface area contributed by atoms with E-state index in [4.69, 9.17) is 69.6 Å². The van der Waals surface area contributed by atoms with Crippen LogP contribution in [0, 0.1) is 23.7 Å². The highest BCUT2D eigenvalue weighted by molar-refractivity contribution is 6.65. The third kappa shape index (κ3) is 2.88. The molecular formula is C27H16Cl6N2O4. The topological polar surface area (TPSA) is 74.8 Å². The summed E-state index contributed by atoms with van der Waals surface area (Å²) in [5, 5.41) is 0.144. The highest BCUT2D eigenvalue weighted by atomic mass is 35.5. The van der Waals surface area contributed by atoms with E-state index in [1.54, 1.807) is 36.4 Å². The van der Waals surface area contributed by atoms with Gasteiger partial charge >= 0.3 is 0 Å². The largest absolute Gasteiger partial charge is 0.274 e. The zero-order valence-corrected chi connectivity index (χ0v) is 24.2. The summed E-state index contributed by atoms with van der Waals surface area (Å²) < 4.78 is -1.73. The van der Waals surface area contributed by atoms with Gasteiger partial charge in [-0.3, -0.25) is 24.1 Å². The van der Waals surface area contributed by atoms with Crippen molar-refractivity contribution in [2.75, 3.05) is 9.80 Å². The number of nitrogens with zero attached hydrogens (tertiary/aromatic N) is 2. The van der Waals surface area contributed by atoms with Gasteiger partial charge in [-0.25, -0.2) is 4.90 Å². The van der Waals surface area contributed by atoms with Crippen molar-refractivity contribution in [1.82, 2.24) is 0 Å². The van der Waals surface area contributed by atoms with Crippen LogP contribution in [0.2, 0.25) is 0 Å². The van der Waals surface area contributed by atoms with Gasteiger partial charge in [-0.05, 0) is 61.1 Å². The molecule has 5 aliphatic rings. The van der Waals surface area contributed by atoms with Gasteiger partial charge < -0.3 is 0 Å². The molecule has 12 heteroatoms. The van der Waals surface area contributed by atoms with Crippen LogP contribution in [0.15, 0.2) is 58.6 Å². The Morgan fingerprint density at radius 1 is 0.615 bits per heavy atom. The van der Waals surface area contributed by atoms with E-state index in [0.29, 0.717) is 22.5 Å². The van der Waals surface area contributed by atoms with Crippen LogP contribution in [0.1, 0.15) is 33.6 Å². The lowest BCUT2D eigenvalue weighted by molar-refractivity contribution is -0.122. The molecule has 0 N–H and O–H groups in total. The predicted octanol–water partition coefficient (Wildman–Crippen LogP) is 6.46. The summed E-state index contributed by atoms with van der Waals surface area (Å²) in [4.78, 5) is 52.1. The molecule has 2 bridgehead atoms. The first-order chi connectivity index (χ1) is 18.4. The molecular weight excluding hydrogens is 629 g/mol. The fourth-order valence-corrected chi connectivity index (χ4v) is 10.3. The summed E-state index contributed by atoms with van der Waals surface area (Å²) >= 11 is 40.3. The standard InChI is InChI=1S/C27H16Cl6N2O4/c28-19-20(29)26(31)18-10-16-15(9-17(18)25(19,30)27(26,32)33)23(38)35(24(16)39)12-7-5-11(6-8-12)34-21(36)13-3-1-2-4-14(13)22(34)37/h1-8,15-18H,9-10H2/t15-,16-,17-,18+,25-,26-/m0/s1. The molecule has 2 heterocycles. The van der Waals surface area contributed by atoms with Crippen molar-refractivity contribution in [1.29, 1.82) is 0 Å². The zero-order valence-electron chi connectivity index (χ0n) is 19.6. The normalized spacial score (nSPS) is 36.2. The number of hydrogen-bond donors (Lipinski definition) is 0. The lowest BCUT2D eigenvalue weighted by Gasteiger charge is -2.42. The highest BCUT2D eigenvalue weighted by Crippen LogP contribution is 2.79. The molecule has 2 aromatic carbocycles. The third-order valence-electron chi connectivity index (χ3n) is 8.99. The van der Waals surface area contributed by atoms with Crippen LogP contribution < -0.4 is 9.80 Å². The van der Waals surface area contributed by atoms with E-state index in [1.807, 2.05) is 0 Å². The maximum Gasteiger partial charge on any atom is 0.266 e. The Labute approximate surface area is 252 Å². The second-order valence-corrected chi connectivity index (χ2v) is 13.8. The number of halogens is 6. The van der Waals surface area contributed by atoms with Crippen molar-refractivity contribution >= 4 is 105 Å². The number of imide groups is 2. The van der Waals surface area contributed by atoms with Gasteiger partial charge in [0.05, 0.1) is 44.4 Å². The van der Waals surface area contributed by atoms with Crippen LogP contribution in [0.5, 0.6) is 0 Å². The third-order valence-corrected chi connectivity index (χ3v) is 13.3. The smallest absolute Gasteiger partial charge is 0.266 e. The van der Waals surface area contributed by atoms with Gasteiger partial charge in [0.2, 0.25) is 11.8 Å². The second kappa shape index (κ2) is 8.15. The first kappa shape index (κ1) is 26.1. The maximum absolute atomic E-state index is 13.6. The van der Waals surface area contributed by atoms with E-state index in [0.717, 1.165) is 9.80 Å². The Morgan fingerprint density at radius 3 is 1.41 bits per heavy atom. The predicted molar refractivity (Wildman–Crippen MR) is 150 cm³/mol. The number of fused-ring (bicyclic) bond motifs is 7. The van der Waals surface area contributed by atoms with Crippen molar-refractivity contribution in [2.24, 2.45) is 23.7 Å². The summed E-state index contributed by atoms with van der Waals surface area (Å²) in [6.45, 7) is 0. The highest BCUT2D eigenvalue weighted by Gasteiger charge is 2.83. The molecule has 2 aromatic rings. The summed E-state index contributed by atoms with van der Waals surface area (Å²) in [6, 6.07) is 12.7. The molecule has 0 spiro atoms. The molecule has 1 saturated heterocycles. The van der Waals surface area contributed by atoms with E-state index < -0.39 is 49.6 Å². The summed E-state index contributed by atoms with van der Waals surface area (Å²) in [5.41, 5.74) is 1.30. The minimum absolute atomic E-state index is 0.0721. The maximum atomic E-state index is 13.6. The first-order valence-electron chi connectivity index (χ1n) is 12.1. The zero-order chi connectivity index (χ0) is 27.8. The van der Waals surface area contributed by atoms with Crippen LogP contribution >= 0.6 is 69.6 Å². The SMILES string of the molecule is O=C1c2ccccc2C(=O)N1c1ccc(N2C(=O)[C@H]3C[C@@H]4[C@H](C[C@@H]3C2=O)[C@]2(Cl)C(Cl)=C(Cl)[C@]4(Cl)C2(Cl)Cl)cc1. The van der Waals surface area contributed by atoms with Crippen LogP contribution in [0.25, 0.3) is 0 Å². The molecule has 2 saturated carbocycles. The molecule has 0 radical (unpaired) electrons. The number of alkyl halides is 4. The quantitative estimate of drug-likeness (QED) is 0.278. The number of carbonyl (C=O) groups is 4. The average molecular weight is 645 g/mol. The molecule has 6 atom stereocenters. The van der Waals surface area contributed by atoms with E-state index >= 15 is 0 Å². The summed E-state index contributed by atoms with van der Waals surface area (Å²) in [5.74, 6) is -3.93. The van der Waals surface area contributed by atoms with E-state index in [-0.39, 0.29) is 34.7 Å².